The van der Waals surface area contributed by atoms with Crippen molar-refractivity contribution >= 4 is 21.6 Å². The average Bonchev–Trinajstić information content (AvgIpc) is 2.61. The van der Waals surface area contributed by atoms with Crippen LogP contribution in [0.4, 0.5) is 5.69 Å². The van der Waals surface area contributed by atoms with Gasteiger partial charge in [-0.3, -0.25) is 9.52 Å². The molecule has 0 spiro atoms. The smallest absolute Gasteiger partial charge is 0.262 e. The van der Waals surface area contributed by atoms with E-state index in [1.165, 1.54) is 6.07 Å². The lowest BCUT2D eigenvalue weighted by atomic mass is 10.1. The largest absolute Gasteiger partial charge is 0.351 e. The van der Waals surface area contributed by atoms with Crippen LogP contribution in [0.2, 0.25) is 0 Å². The SMILES string of the molecule is CCCNCCNC(=O)c1ccc(C)c(S(=O)(=O)Nc2cccc(C)c2)c1. The summed E-state index contributed by atoms with van der Waals surface area (Å²) in [6, 6.07) is 11.8. The second-order valence-electron chi connectivity index (χ2n) is 6.46. The number of amides is 1. The molecule has 1 amide bonds. The molecule has 2 aromatic rings. The van der Waals surface area contributed by atoms with Crippen LogP contribution in [-0.2, 0) is 10.0 Å². The number of carbonyl (C=O) groups excluding carboxylic acids is 1. The first-order chi connectivity index (χ1) is 12.8. The Labute approximate surface area is 161 Å². The summed E-state index contributed by atoms with van der Waals surface area (Å²) in [7, 11) is -3.79. The maximum absolute atomic E-state index is 12.8. The number of carbonyl (C=O) groups is 1. The average molecular weight is 390 g/mol. The molecule has 146 valence electrons. The van der Waals surface area contributed by atoms with Crippen LogP contribution in [0.1, 0.15) is 34.8 Å². The zero-order valence-corrected chi connectivity index (χ0v) is 16.8. The monoisotopic (exact) mass is 389 g/mol. The third-order valence-corrected chi connectivity index (χ3v) is 5.55. The van der Waals surface area contributed by atoms with E-state index in [0.717, 1.165) is 18.5 Å². The van der Waals surface area contributed by atoms with Gasteiger partial charge in [0.15, 0.2) is 0 Å². The Morgan fingerprint density at radius 3 is 2.48 bits per heavy atom. The Kier molecular flexibility index (Phi) is 7.38. The van der Waals surface area contributed by atoms with E-state index in [-0.39, 0.29) is 10.8 Å². The van der Waals surface area contributed by atoms with Crippen LogP contribution in [0.3, 0.4) is 0 Å². The zero-order valence-electron chi connectivity index (χ0n) is 16.0. The predicted molar refractivity (Wildman–Crippen MR) is 109 cm³/mol. The number of aryl methyl sites for hydroxylation is 2. The zero-order chi connectivity index (χ0) is 19.9. The molecule has 0 bridgehead atoms. The van der Waals surface area contributed by atoms with Gasteiger partial charge >= 0.3 is 0 Å². The minimum Gasteiger partial charge on any atom is -0.351 e. The van der Waals surface area contributed by atoms with Gasteiger partial charge in [-0.1, -0.05) is 25.1 Å². The number of hydrogen-bond acceptors (Lipinski definition) is 4. The molecule has 0 heterocycles. The van der Waals surface area contributed by atoms with Crippen LogP contribution in [0.5, 0.6) is 0 Å². The molecule has 0 saturated heterocycles. The number of anilines is 1. The van der Waals surface area contributed by atoms with E-state index < -0.39 is 10.0 Å². The number of hydrogen-bond donors (Lipinski definition) is 3. The first-order valence-electron chi connectivity index (χ1n) is 9.02. The highest BCUT2D eigenvalue weighted by atomic mass is 32.2. The molecule has 27 heavy (non-hydrogen) atoms. The van der Waals surface area contributed by atoms with Crippen molar-refractivity contribution in [2.24, 2.45) is 0 Å². The molecule has 6 nitrogen and oxygen atoms in total. The van der Waals surface area contributed by atoms with Crippen molar-refractivity contribution in [3.05, 3.63) is 59.2 Å². The molecule has 2 aromatic carbocycles. The summed E-state index contributed by atoms with van der Waals surface area (Å²) >= 11 is 0. The highest BCUT2D eigenvalue weighted by Crippen LogP contribution is 2.21. The Morgan fingerprint density at radius 1 is 1.00 bits per heavy atom. The molecule has 0 saturated carbocycles. The number of rotatable bonds is 9. The quantitative estimate of drug-likeness (QED) is 0.576. The maximum atomic E-state index is 12.8. The lowest BCUT2D eigenvalue weighted by molar-refractivity contribution is 0.0953. The van der Waals surface area contributed by atoms with E-state index in [1.54, 1.807) is 37.3 Å². The number of nitrogens with one attached hydrogen (secondary N) is 3. The van der Waals surface area contributed by atoms with Crippen LogP contribution in [0.15, 0.2) is 47.4 Å². The molecule has 0 unspecified atom stereocenters. The molecule has 7 heteroatoms. The van der Waals surface area contributed by atoms with Gasteiger partial charge in [0, 0.05) is 24.3 Å². The molecule has 3 N–H and O–H groups in total. The first kappa shape index (κ1) is 20.9. The summed E-state index contributed by atoms with van der Waals surface area (Å²) in [5, 5.41) is 5.99. The van der Waals surface area contributed by atoms with Gasteiger partial charge in [-0.25, -0.2) is 8.42 Å². The number of sulfonamides is 1. The lowest BCUT2D eigenvalue weighted by Crippen LogP contribution is -2.32. The minimum atomic E-state index is -3.79. The summed E-state index contributed by atoms with van der Waals surface area (Å²) < 4.78 is 28.2. The van der Waals surface area contributed by atoms with E-state index in [4.69, 9.17) is 0 Å². The lowest BCUT2D eigenvalue weighted by Gasteiger charge is -2.13. The third-order valence-electron chi connectivity index (χ3n) is 4.02. The van der Waals surface area contributed by atoms with Gasteiger partial charge in [-0.15, -0.1) is 0 Å². The molecule has 0 radical (unpaired) electrons. The Hall–Kier alpha value is -2.38. The van der Waals surface area contributed by atoms with Gasteiger partial charge < -0.3 is 10.6 Å². The van der Waals surface area contributed by atoms with E-state index in [1.807, 2.05) is 13.0 Å². The first-order valence-corrected chi connectivity index (χ1v) is 10.5. The molecule has 0 aliphatic carbocycles. The fourth-order valence-corrected chi connectivity index (χ4v) is 3.94. The number of benzene rings is 2. The van der Waals surface area contributed by atoms with Gasteiger partial charge in [0.25, 0.3) is 15.9 Å². The van der Waals surface area contributed by atoms with Crippen molar-refractivity contribution in [1.29, 1.82) is 0 Å². The second kappa shape index (κ2) is 9.53. The van der Waals surface area contributed by atoms with Gasteiger partial charge in [-0.2, -0.15) is 0 Å². The van der Waals surface area contributed by atoms with Crippen LogP contribution in [0, 0.1) is 13.8 Å². The molecule has 0 aliphatic rings. The van der Waals surface area contributed by atoms with Crippen molar-refractivity contribution in [3.8, 4) is 0 Å². The van der Waals surface area contributed by atoms with E-state index >= 15 is 0 Å². The fraction of sp³-hybridized carbons (Fsp3) is 0.350. The van der Waals surface area contributed by atoms with Gasteiger partial charge in [0.2, 0.25) is 0 Å². The fourth-order valence-electron chi connectivity index (χ4n) is 2.62. The van der Waals surface area contributed by atoms with Crippen LogP contribution in [-0.4, -0.2) is 34.0 Å². The normalized spacial score (nSPS) is 11.2. The van der Waals surface area contributed by atoms with Gasteiger partial charge in [-0.05, 0) is 62.2 Å². The Morgan fingerprint density at radius 2 is 1.78 bits per heavy atom. The summed E-state index contributed by atoms with van der Waals surface area (Å²) in [4.78, 5) is 12.4. The second-order valence-corrected chi connectivity index (χ2v) is 8.11. The summed E-state index contributed by atoms with van der Waals surface area (Å²) in [5.74, 6) is -0.291. The topological polar surface area (TPSA) is 87.3 Å². The molecule has 0 atom stereocenters. The molecule has 2 rings (SSSR count). The Bertz CT molecular complexity index is 895. The highest BCUT2D eigenvalue weighted by molar-refractivity contribution is 7.92. The maximum Gasteiger partial charge on any atom is 0.262 e. The van der Waals surface area contributed by atoms with E-state index in [2.05, 4.69) is 22.3 Å². The molecule has 0 aromatic heterocycles. The predicted octanol–water partition coefficient (Wildman–Crippen LogP) is 2.83. The molecule has 0 fully saturated rings. The van der Waals surface area contributed by atoms with Gasteiger partial charge in [0.05, 0.1) is 4.90 Å². The third kappa shape index (κ3) is 6.08. The van der Waals surface area contributed by atoms with Crippen molar-refractivity contribution in [2.45, 2.75) is 32.1 Å². The van der Waals surface area contributed by atoms with Crippen molar-refractivity contribution in [3.63, 3.8) is 0 Å². The van der Waals surface area contributed by atoms with Crippen LogP contribution < -0.4 is 15.4 Å². The standard InChI is InChI=1S/C20H27N3O3S/c1-4-10-21-11-12-22-20(24)17-9-8-16(3)19(14-17)27(25,26)23-18-7-5-6-15(2)13-18/h5-9,13-14,21,23H,4,10-12H2,1-3H3,(H,22,24). The van der Waals surface area contributed by atoms with Crippen LogP contribution >= 0.6 is 0 Å². The molecular formula is C20H27N3O3S. The summed E-state index contributed by atoms with van der Waals surface area (Å²) in [6.07, 6.45) is 1.03. The summed E-state index contributed by atoms with van der Waals surface area (Å²) in [6.45, 7) is 7.73. The highest BCUT2D eigenvalue weighted by Gasteiger charge is 2.19. The van der Waals surface area contributed by atoms with Gasteiger partial charge in [0.1, 0.15) is 0 Å². The van der Waals surface area contributed by atoms with Crippen molar-refractivity contribution in [2.75, 3.05) is 24.4 Å². The Balaban J connectivity index is 2.14. The van der Waals surface area contributed by atoms with Crippen molar-refractivity contribution < 1.29 is 13.2 Å². The summed E-state index contributed by atoms with van der Waals surface area (Å²) in [5.41, 5.74) is 2.35. The molecule has 0 aliphatic heterocycles. The molecular weight excluding hydrogens is 362 g/mol. The van der Waals surface area contributed by atoms with Crippen LogP contribution in [0.25, 0.3) is 0 Å². The minimum absolute atomic E-state index is 0.0979. The van der Waals surface area contributed by atoms with E-state index in [0.29, 0.717) is 29.9 Å². The van der Waals surface area contributed by atoms with E-state index in [9.17, 15) is 13.2 Å². The van der Waals surface area contributed by atoms with Crippen molar-refractivity contribution in [1.82, 2.24) is 10.6 Å².